The fourth-order valence-electron chi connectivity index (χ4n) is 4.04. The summed E-state index contributed by atoms with van der Waals surface area (Å²) in [5.41, 5.74) is 1.07. The lowest BCUT2D eigenvalue weighted by Crippen LogP contribution is -2.45. The molecule has 4 rings (SSSR count). The average Bonchev–Trinajstić information content (AvgIpc) is 2.98. The van der Waals surface area contributed by atoms with Gasteiger partial charge in [-0.25, -0.2) is 8.78 Å². The molecule has 0 fully saturated rings. The average molecular weight is 543 g/mol. The van der Waals surface area contributed by atoms with Crippen molar-refractivity contribution in [1.29, 1.82) is 0 Å². The third-order valence-electron chi connectivity index (χ3n) is 5.88. The van der Waals surface area contributed by atoms with Crippen molar-refractivity contribution in [2.45, 2.75) is 23.2 Å². The van der Waals surface area contributed by atoms with Crippen LogP contribution in [0.25, 0.3) is 0 Å². The quantitative estimate of drug-likeness (QED) is 0.351. The first kappa shape index (κ1) is 27.4. The number of nitrogens with zero attached hydrogens (tertiary/aromatic N) is 2. The van der Waals surface area contributed by atoms with Gasteiger partial charge >= 0.3 is 5.97 Å². The fraction of sp³-hybridized carbons (Fsp3) is 0.286. The maximum atomic E-state index is 14.7. The molecule has 0 saturated heterocycles. The zero-order valence-electron chi connectivity index (χ0n) is 21.4. The van der Waals surface area contributed by atoms with Gasteiger partial charge in [0.2, 0.25) is 0 Å². The van der Waals surface area contributed by atoms with E-state index in [1.54, 1.807) is 29.2 Å². The van der Waals surface area contributed by atoms with Crippen LogP contribution in [0, 0.1) is 11.6 Å². The predicted octanol–water partition coefficient (Wildman–Crippen LogP) is 5.44. The molecule has 7 nitrogen and oxygen atoms in total. The number of fused-ring (bicyclic) bond motifs is 1. The van der Waals surface area contributed by atoms with Crippen LogP contribution in [-0.4, -0.2) is 57.2 Å². The molecule has 3 aromatic rings. The normalized spacial score (nSPS) is 17.1. The Kier molecular flexibility index (Phi) is 8.53. The number of esters is 1. The molecular weight excluding hydrogens is 514 g/mol. The summed E-state index contributed by atoms with van der Waals surface area (Å²) >= 11 is 1.27. The summed E-state index contributed by atoms with van der Waals surface area (Å²) in [6.07, 6.45) is -1.21. The summed E-state index contributed by atoms with van der Waals surface area (Å²) < 4.78 is 44.6. The summed E-state index contributed by atoms with van der Waals surface area (Å²) in [7, 11) is 5.15. The van der Waals surface area contributed by atoms with E-state index in [-0.39, 0.29) is 11.6 Å². The number of halogens is 2. The first-order valence-corrected chi connectivity index (χ1v) is 12.7. The first-order valence-electron chi connectivity index (χ1n) is 11.9. The van der Waals surface area contributed by atoms with Crippen LogP contribution < -0.4 is 14.4 Å². The molecule has 0 bridgehead atoms. The molecule has 0 aliphatic carbocycles. The van der Waals surface area contributed by atoms with Crippen LogP contribution in [0.2, 0.25) is 0 Å². The minimum absolute atomic E-state index is 0.0609. The van der Waals surface area contributed by atoms with Gasteiger partial charge in [-0.2, -0.15) is 0 Å². The summed E-state index contributed by atoms with van der Waals surface area (Å²) in [6.45, 7) is 2.12. The van der Waals surface area contributed by atoms with Crippen molar-refractivity contribution in [2.75, 3.05) is 39.2 Å². The van der Waals surface area contributed by atoms with Crippen molar-refractivity contribution < 1.29 is 32.6 Å². The summed E-state index contributed by atoms with van der Waals surface area (Å²) in [5, 5.41) is -0.754. The molecule has 0 unspecified atom stereocenters. The molecule has 1 amide bonds. The zero-order chi connectivity index (χ0) is 27.4. The van der Waals surface area contributed by atoms with Crippen LogP contribution in [0.4, 0.5) is 14.5 Å². The van der Waals surface area contributed by atoms with Gasteiger partial charge < -0.3 is 24.0 Å². The molecule has 2 atom stereocenters. The Morgan fingerprint density at radius 3 is 2.37 bits per heavy atom. The van der Waals surface area contributed by atoms with E-state index in [2.05, 4.69) is 0 Å². The van der Waals surface area contributed by atoms with Crippen molar-refractivity contribution in [1.82, 2.24) is 4.90 Å². The van der Waals surface area contributed by atoms with Crippen molar-refractivity contribution in [3.8, 4) is 17.2 Å². The molecule has 1 heterocycles. The number of thioether (sulfide) groups is 1. The van der Waals surface area contributed by atoms with Gasteiger partial charge in [0.1, 0.15) is 17.3 Å². The van der Waals surface area contributed by atoms with Gasteiger partial charge in [0.15, 0.2) is 17.7 Å². The molecule has 0 saturated carbocycles. The lowest BCUT2D eigenvalue weighted by Gasteiger charge is -2.28. The third-order valence-corrected chi connectivity index (χ3v) is 7.23. The number of ether oxygens (including phenoxy) is 3. The molecule has 38 heavy (non-hydrogen) atoms. The fourth-order valence-corrected chi connectivity index (χ4v) is 5.37. The number of hydrogen-bond donors (Lipinski definition) is 0. The van der Waals surface area contributed by atoms with Gasteiger partial charge in [-0.1, -0.05) is 6.07 Å². The molecule has 1 aliphatic heterocycles. The molecule has 0 aromatic heterocycles. The lowest BCUT2D eigenvalue weighted by atomic mass is 10.0. The van der Waals surface area contributed by atoms with Crippen molar-refractivity contribution in [3.63, 3.8) is 0 Å². The van der Waals surface area contributed by atoms with Gasteiger partial charge in [0.25, 0.3) is 5.91 Å². The smallest absolute Gasteiger partial charge is 0.303 e. The van der Waals surface area contributed by atoms with Crippen molar-refractivity contribution in [3.05, 3.63) is 77.9 Å². The van der Waals surface area contributed by atoms with Gasteiger partial charge in [-0.3, -0.25) is 9.59 Å². The number of anilines is 1. The van der Waals surface area contributed by atoms with E-state index in [4.69, 9.17) is 14.2 Å². The van der Waals surface area contributed by atoms with E-state index in [1.807, 2.05) is 19.0 Å². The maximum Gasteiger partial charge on any atom is 0.303 e. The highest BCUT2D eigenvalue weighted by Gasteiger charge is 2.41. The van der Waals surface area contributed by atoms with Crippen LogP contribution in [0.1, 0.15) is 17.7 Å². The van der Waals surface area contributed by atoms with Crippen LogP contribution in [0.3, 0.4) is 0 Å². The molecule has 10 heteroatoms. The Bertz CT molecular complexity index is 1320. The van der Waals surface area contributed by atoms with Crippen LogP contribution in [0.5, 0.6) is 17.2 Å². The Hall–Kier alpha value is -3.63. The van der Waals surface area contributed by atoms with E-state index in [0.29, 0.717) is 40.7 Å². The largest absolute Gasteiger partial charge is 0.494 e. The van der Waals surface area contributed by atoms with E-state index < -0.39 is 29.0 Å². The highest BCUT2D eigenvalue weighted by atomic mass is 32.2. The molecule has 3 aromatic carbocycles. The number of carbonyl (C=O) groups excluding carboxylic acids is 2. The van der Waals surface area contributed by atoms with Crippen molar-refractivity contribution >= 4 is 29.3 Å². The number of hydrogen-bond acceptors (Lipinski definition) is 7. The summed E-state index contributed by atoms with van der Waals surface area (Å²) in [6, 6.07) is 15.3. The van der Waals surface area contributed by atoms with Gasteiger partial charge in [-0.05, 0) is 74.3 Å². The van der Waals surface area contributed by atoms with Gasteiger partial charge in [0.05, 0.1) is 18.0 Å². The molecule has 0 N–H and O–H groups in total. The minimum atomic E-state index is -1.21. The van der Waals surface area contributed by atoms with Gasteiger partial charge in [0, 0.05) is 24.9 Å². The lowest BCUT2D eigenvalue weighted by molar-refractivity contribution is -0.152. The second-order valence-corrected chi connectivity index (χ2v) is 10.1. The third kappa shape index (κ3) is 6.25. The molecular formula is C28H28F2N2O5S. The summed E-state index contributed by atoms with van der Waals surface area (Å²) in [5.74, 6) is -1.04. The van der Waals surface area contributed by atoms with E-state index >= 15 is 0 Å². The maximum absolute atomic E-state index is 14.7. The van der Waals surface area contributed by atoms with E-state index in [9.17, 15) is 18.4 Å². The Morgan fingerprint density at radius 2 is 1.74 bits per heavy atom. The molecule has 0 radical (unpaired) electrons. The number of rotatable bonds is 8. The SMILES string of the molecule is COc1ccc([C@H]2Sc3cc(Oc4ccc(F)cc4)ccc3N(CCN(C)C)C(=O)[C@H]2OC(C)=O)cc1F. The van der Waals surface area contributed by atoms with Crippen LogP contribution in [-0.2, 0) is 14.3 Å². The predicted molar refractivity (Wildman–Crippen MR) is 141 cm³/mol. The number of carbonyl (C=O) groups is 2. The highest BCUT2D eigenvalue weighted by Crippen LogP contribution is 2.48. The number of likely N-dealkylation sites (N-methyl/N-ethyl adjacent to an activating group) is 1. The van der Waals surface area contributed by atoms with E-state index in [1.165, 1.54) is 62.2 Å². The highest BCUT2D eigenvalue weighted by molar-refractivity contribution is 7.99. The number of amides is 1. The van der Waals surface area contributed by atoms with Crippen LogP contribution >= 0.6 is 11.8 Å². The second-order valence-electron chi connectivity index (χ2n) is 8.94. The zero-order valence-corrected chi connectivity index (χ0v) is 22.3. The summed E-state index contributed by atoms with van der Waals surface area (Å²) in [4.78, 5) is 30.2. The second kappa shape index (κ2) is 11.8. The van der Waals surface area contributed by atoms with Crippen molar-refractivity contribution in [2.24, 2.45) is 0 Å². The Labute approximate surface area is 224 Å². The topological polar surface area (TPSA) is 68.3 Å². The molecule has 1 aliphatic rings. The minimum Gasteiger partial charge on any atom is -0.494 e. The Balaban J connectivity index is 1.80. The molecule has 200 valence electrons. The Morgan fingerprint density at radius 1 is 1.03 bits per heavy atom. The first-order chi connectivity index (χ1) is 18.2. The van der Waals surface area contributed by atoms with Gasteiger partial charge in [-0.15, -0.1) is 11.8 Å². The monoisotopic (exact) mass is 542 g/mol. The van der Waals surface area contributed by atoms with E-state index in [0.717, 1.165) is 0 Å². The number of benzene rings is 3. The standard InChI is InChI=1S/C28H28F2N2O5S/c1-17(33)36-26-27(18-5-12-24(35-4)22(30)15-18)38-25-16-21(37-20-8-6-19(29)7-9-20)10-11-23(25)32(28(26)34)14-13-31(2)3/h5-12,15-16,26-27H,13-14H2,1-4H3/t26-,27+/m0/s1. The molecule has 0 spiro atoms. The van der Waals surface area contributed by atoms with Crippen LogP contribution in [0.15, 0.2) is 65.6 Å². The number of methoxy groups -OCH3 is 1.